The SMILES string of the molecule is CC(O)C(=O)N1CCc2ccc(Br)cc21. The molecule has 1 aliphatic rings. The molecule has 1 N–H and O–H groups in total. The van der Waals surface area contributed by atoms with Crippen LogP contribution in [-0.2, 0) is 11.2 Å². The van der Waals surface area contributed by atoms with Crippen LogP contribution in [0.3, 0.4) is 0 Å². The number of hydrogen-bond acceptors (Lipinski definition) is 2. The second-order valence-electron chi connectivity index (χ2n) is 3.69. The smallest absolute Gasteiger partial charge is 0.255 e. The molecule has 1 heterocycles. The second kappa shape index (κ2) is 3.94. The van der Waals surface area contributed by atoms with Crippen LogP contribution >= 0.6 is 15.9 Å². The number of carbonyl (C=O) groups excluding carboxylic acids is 1. The lowest BCUT2D eigenvalue weighted by atomic mass is 10.2. The maximum absolute atomic E-state index is 11.7. The highest BCUT2D eigenvalue weighted by molar-refractivity contribution is 9.10. The Morgan fingerprint density at radius 1 is 1.60 bits per heavy atom. The first-order valence-electron chi connectivity index (χ1n) is 4.87. The summed E-state index contributed by atoms with van der Waals surface area (Å²) < 4.78 is 0.951. The average Bonchev–Trinajstić information content (AvgIpc) is 2.59. The van der Waals surface area contributed by atoms with E-state index in [4.69, 9.17) is 0 Å². The molecule has 1 atom stereocenters. The van der Waals surface area contributed by atoms with Crippen molar-refractivity contribution in [3.05, 3.63) is 28.2 Å². The summed E-state index contributed by atoms with van der Waals surface area (Å²) >= 11 is 3.38. The van der Waals surface area contributed by atoms with Crippen LogP contribution in [-0.4, -0.2) is 23.7 Å². The molecule has 1 unspecified atom stereocenters. The molecule has 0 aliphatic carbocycles. The lowest BCUT2D eigenvalue weighted by molar-refractivity contribution is -0.125. The third-order valence-corrected chi connectivity index (χ3v) is 3.06. The Hall–Kier alpha value is -0.870. The highest BCUT2D eigenvalue weighted by Crippen LogP contribution is 2.31. The van der Waals surface area contributed by atoms with E-state index >= 15 is 0 Å². The molecule has 0 aromatic heterocycles. The average molecular weight is 270 g/mol. The summed E-state index contributed by atoms with van der Waals surface area (Å²) in [5.74, 6) is -0.230. The minimum Gasteiger partial charge on any atom is -0.384 e. The van der Waals surface area contributed by atoms with Gasteiger partial charge in [-0.15, -0.1) is 0 Å². The van der Waals surface area contributed by atoms with Crippen molar-refractivity contribution in [2.45, 2.75) is 19.4 Å². The highest BCUT2D eigenvalue weighted by Gasteiger charge is 2.26. The normalized spacial score (nSPS) is 16.3. The molecule has 0 bridgehead atoms. The molecule has 1 aromatic carbocycles. The first-order chi connectivity index (χ1) is 7.09. The van der Waals surface area contributed by atoms with Crippen LogP contribution in [0.2, 0.25) is 0 Å². The summed E-state index contributed by atoms with van der Waals surface area (Å²) in [4.78, 5) is 13.3. The van der Waals surface area contributed by atoms with Crippen LogP contribution in [0, 0.1) is 0 Å². The van der Waals surface area contributed by atoms with Crippen LogP contribution in [0.15, 0.2) is 22.7 Å². The summed E-state index contributed by atoms with van der Waals surface area (Å²) in [6, 6.07) is 5.90. The summed E-state index contributed by atoms with van der Waals surface area (Å²) in [6.45, 7) is 2.16. The summed E-state index contributed by atoms with van der Waals surface area (Å²) in [7, 11) is 0. The van der Waals surface area contributed by atoms with E-state index in [-0.39, 0.29) is 5.91 Å². The Morgan fingerprint density at radius 3 is 3.00 bits per heavy atom. The molecule has 3 nitrogen and oxygen atoms in total. The topological polar surface area (TPSA) is 40.5 Å². The van der Waals surface area contributed by atoms with Gasteiger partial charge in [-0.1, -0.05) is 22.0 Å². The number of nitrogens with zero attached hydrogens (tertiary/aromatic N) is 1. The minimum absolute atomic E-state index is 0.230. The molecule has 0 saturated heterocycles. The first-order valence-corrected chi connectivity index (χ1v) is 5.67. The number of hydrogen-bond donors (Lipinski definition) is 1. The molecule has 1 amide bonds. The van der Waals surface area contributed by atoms with Crippen molar-refractivity contribution < 1.29 is 9.90 Å². The molecule has 1 aliphatic heterocycles. The Balaban J connectivity index is 2.35. The quantitative estimate of drug-likeness (QED) is 0.844. The molecule has 0 radical (unpaired) electrons. The highest BCUT2D eigenvalue weighted by atomic mass is 79.9. The van der Waals surface area contributed by atoms with Gasteiger partial charge in [-0.25, -0.2) is 0 Å². The first kappa shape index (κ1) is 10.6. The van der Waals surface area contributed by atoms with Gasteiger partial charge in [0, 0.05) is 16.7 Å². The molecule has 4 heteroatoms. The number of carbonyl (C=O) groups is 1. The van der Waals surface area contributed by atoms with Crippen LogP contribution in [0.25, 0.3) is 0 Å². The van der Waals surface area contributed by atoms with Gasteiger partial charge in [0.25, 0.3) is 5.91 Å². The van der Waals surface area contributed by atoms with Gasteiger partial charge in [0.2, 0.25) is 0 Å². The van der Waals surface area contributed by atoms with Crippen molar-refractivity contribution in [2.75, 3.05) is 11.4 Å². The molecule has 80 valence electrons. The van der Waals surface area contributed by atoms with E-state index in [0.717, 1.165) is 22.1 Å². The zero-order valence-corrected chi connectivity index (χ0v) is 9.99. The van der Waals surface area contributed by atoms with Gasteiger partial charge in [-0.3, -0.25) is 4.79 Å². The van der Waals surface area contributed by atoms with Crippen LogP contribution < -0.4 is 4.90 Å². The van der Waals surface area contributed by atoms with E-state index in [2.05, 4.69) is 15.9 Å². The molecule has 0 saturated carbocycles. The third-order valence-electron chi connectivity index (χ3n) is 2.57. The largest absolute Gasteiger partial charge is 0.384 e. The van der Waals surface area contributed by atoms with E-state index in [1.165, 1.54) is 6.92 Å². The Kier molecular flexibility index (Phi) is 2.80. The monoisotopic (exact) mass is 269 g/mol. The van der Waals surface area contributed by atoms with E-state index < -0.39 is 6.10 Å². The fraction of sp³-hybridized carbons (Fsp3) is 0.364. The second-order valence-corrected chi connectivity index (χ2v) is 4.60. The van der Waals surface area contributed by atoms with Gasteiger partial charge >= 0.3 is 0 Å². The maximum atomic E-state index is 11.7. The van der Waals surface area contributed by atoms with Crippen LogP contribution in [0.1, 0.15) is 12.5 Å². The number of fused-ring (bicyclic) bond motifs is 1. The van der Waals surface area contributed by atoms with Gasteiger partial charge < -0.3 is 10.0 Å². The number of amides is 1. The number of aliphatic hydroxyl groups excluding tert-OH is 1. The van der Waals surface area contributed by atoms with Crippen molar-refractivity contribution in [3.8, 4) is 0 Å². The van der Waals surface area contributed by atoms with Gasteiger partial charge in [0.05, 0.1) is 0 Å². The number of rotatable bonds is 1. The fourth-order valence-corrected chi connectivity index (χ4v) is 2.16. The number of anilines is 1. The van der Waals surface area contributed by atoms with Crippen LogP contribution in [0.4, 0.5) is 5.69 Å². The van der Waals surface area contributed by atoms with Crippen molar-refractivity contribution >= 4 is 27.5 Å². The molecular weight excluding hydrogens is 258 g/mol. The van der Waals surface area contributed by atoms with E-state index in [9.17, 15) is 9.90 Å². The zero-order chi connectivity index (χ0) is 11.0. The summed E-state index contributed by atoms with van der Waals surface area (Å²) in [5, 5.41) is 9.27. The van der Waals surface area contributed by atoms with E-state index in [0.29, 0.717) is 6.54 Å². The van der Waals surface area contributed by atoms with Crippen molar-refractivity contribution in [1.29, 1.82) is 0 Å². The number of halogens is 1. The maximum Gasteiger partial charge on any atom is 0.255 e. The summed E-state index contributed by atoms with van der Waals surface area (Å²) in [5.41, 5.74) is 2.07. The van der Waals surface area contributed by atoms with Crippen molar-refractivity contribution in [1.82, 2.24) is 0 Å². The fourth-order valence-electron chi connectivity index (χ4n) is 1.81. The van der Waals surface area contributed by atoms with Crippen molar-refractivity contribution in [2.24, 2.45) is 0 Å². The summed E-state index contributed by atoms with van der Waals surface area (Å²) in [6.07, 6.45) is -0.0731. The number of aliphatic hydroxyl groups is 1. The molecule has 0 spiro atoms. The molecule has 1 aromatic rings. The Bertz CT molecular complexity index is 404. The Morgan fingerprint density at radius 2 is 2.33 bits per heavy atom. The predicted molar refractivity (Wildman–Crippen MR) is 61.9 cm³/mol. The minimum atomic E-state index is -0.935. The van der Waals surface area contributed by atoms with Crippen LogP contribution in [0.5, 0.6) is 0 Å². The number of benzene rings is 1. The molecular formula is C11H12BrNO2. The molecule has 15 heavy (non-hydrogen) atoms. The van der Waals surface area contributed by atoms with Gasteiger partial charge in [0.1, 0.15) is 6.10 Å². The lowest BCUT2D eigenvalue weighted by Crippen LogP contribution is -2.36. The Labute approximate surface area is 96.8 Å². The third kappa shape index (κ3) is 1.92. The molecule has 0 fully saturated rings. The van der Waals surface area contributed by atoms with E-state index in [1.54, 1.807) is 4.90 Å². The van der Waals surface area contributed by atoms with Gasteiger partial charge in [-0.05, 0) is 31.0 Å². The lowest BCUT2D eigenvalue weighted by Gasteiger charge is -2.18. The van der Waals surface area contributed by atoms with Gasteiger partial charge in [-0.2, -0.15) is 0 Å². The van der Waals surface area contributed by atoms with Crippen molar-refractivity contribution in [3.63, 3.8) is 0 Å². The van der Waals surface area contributed by atoms with Gasteiger partial charge in [0.15, 0.2) is 0 Å². The standard InChI is InChI=1S/C11H12BrNO2/c1-7(14)11(15)13-5-4-8-2-3-9(12)6-10(8)13/h2-3,6-7,14H,4-5H2,1H3. The van der Waals surface area contributed by atoms with E-state index in [1.807, 2.05) is 18.2 Å². The molecule has 2 rings (SSSR count). The predicted octanol–water partition coefficient (Wildman–Crippen LogP) is 1.72. The zero-order valence-electron chi connectivity index (χ0n) is 8.40.